The van der Waals surface area contributed by atoms with E-state index in [0.717, 1.165) is 18.1 Å². The number of aromatic nitrogens is 2. The Kier molecular flexibility index (Phi) is 9.97. The predicted octanol–water partition coefficient (Wildman–Crippen LogP) is 7.65. The topological polar surface area (TPSA) is 73.2 Å². The minimum atomic E-state index is -3.92. The van der Waals surface area contributed by atoms with Gasteiger partial charge in [-0.25, -0.2) is 31.3 Å². The molecular formula is C30H31ClF3N3O3S2. The van der Waals surface area contributed by atoms with E-state index >= 15 is 4.39 Å². The lowest BCUT2D eigenvalue weighted by molar-refractivity contribution is 0.384. The Bertz CT molecular complexity index is 1650. The number of imidazole rings is 1. The molecular weight excluding hydrogens is 607 g/mol. The third-order valence-electron chi connectivity index (χ3n) is 6.92. The van der Waals surface area contributed by atoms with Crippen LogP contribution in [0.5, 0.6) is 5.75 Å². The van der Waals surface area contributed by atoms with Crippen LogP contribution in [-0.2, 0) is 21.2 Å². The Morgan fingerprint density at radius 3 is 2.40 bits per heavy atom. The van der Waals surface area contributed by atoms with Crippen molar-refractivity contribution in [2.45, 2.75) is 54.8 Å². The maximum atomic E-state index is 15.2. The van der Waals surface area contributed by atoms with Crippen LogP contribution in [0, 0.1) is 17.5 Å². The van der Waals surface area contributed by atoms with Crippen LogP contribution < -0.4 is 9.46 Å². The van der Waals surface area contributed by atoms with Crippen molar-refractivity contribution in [2.75, 3.05) is 13.7 Å². The lowest BCUT2D eigenvalue weighted by Crippen LogP contribution is -2.25. The molecule has 4 aromatic rings. The van der Waals surface area contributed by atoms with Crippen molar-refractivity contribution < 1.29 is 26.3 Å². The van der Waals surface area contributed by atoms with Crippen molar-refractivity contribution in [2.24, 2.45) is 0 Å². The van der Waals surface area contributed by atoms with Crippen LogP contribution in [-0.4, -0.2) is 31.6 Å². The van der Waals surface area contributed by atoms with Gasteiger partial charge in [0, 0.05) is 34.0 Å². The molecule has 0 aliphatic rings. The first-order valence-corrected chi connectivity index (χ1v) is 16.0. The first kappa shape index (κ1) is 31.9. The molecule has 0 aliphatic carbocycles. The standard InChI is InChI=1S/C30H31ClF3N3O3S2/c1-5-6-13-36-42(38,39)22-15-24(31)23(26(34)16-22)18-41-29-35-17-28(37(29)21-10-8-20(32)9-11-21)30(2,3)19-7-12-25(33)27(14-19)40-4/h7-12,14-17,36H,5-6,13,18H2,1-4H3. The number of thioether (sulfide) groups is 1. The number of halogens is 4. The van der Waals surface area contributed by atoms with E-state index in [1.54, 1.807) is 30.5 Å². The fraction of sp³-hybridized carbons (Fsp3) is 0.300. The summed E-state index contributed by atoms with van der Waals surface area (Å²) in [5.74, 6) is -1.53. The first-order valence-electron chi connectivity index (χ1n) is 13.2. The second kappa shape index (κ2) is 13.1. The Hall–Kier alpha value is -2.99. The fourth-order valence-corrected chi connectivity index (χ4v) is 6.95. The van der Waals surface area contributed by atoms with Crippen LogP contribution in [0.1, 0.15) is 50.4 Å². The normalized spacial score (nSPS) is 12.1. The maximum Gasteiger partial charge on any atom is 0.240 e. The summed E-state index contributed by atoms with van der Waals surface area (Å²) in [5.41, 5.74) is 1.47. The molecule has 0 aliphatic heterocycles. The summed E-state index contributed by atoms with van der Waals surface area (Å²) in [7, 11) is -2.52. The number of rotatable bonds is 12. The van der Waals surface area contributed by atoms with E-state index in [-0.39, 0.29) is 33.5 Å². The number of hydrogen-bond donors (Lipinski definition) is 1. The smallest absolute Gasteiger partial charge is 0.240 e. The molecule has 4 rings (SSSR count). The summed E-state index contributed by atoms with van der Waals surface area (Å²) in [6.45, 7) is 6.05. The van der Waals surface area contributed by atoms with Crippen molar-refractivity contribution in [3.8, 4) is 11.4 Å². The van der Waals surface area contributed by atoms with Gasteiger partial charge in [0.2, 0.25) is 10.0 Å². The first-order chi connectivity index (χ1) is 19.9. The van der Waals surface area contributed by atoms with Gasteiger partial charge in [-0.1, -0.05) is 56.6 Å². The molecule has 0 bridgehead atoms. The molecule has 6 nitrogen and oxygen atoms in total. The summed E-state index contributed by atoms with van der Waals surface area (Å²) in [5, 5.41) is 0.435. The van der Waals surface area contributed by atoms with Crippen molar-refractivity contribution >= 4 is 33.4 Å². The van der Waals surface area contributed by atoms with E-state index in [0.29, 0.717) is 23.0 Å². The average Bonchev–Trinajstić information content (AvgIpc) is 3.38. The van der Waals surface area contributed by atoms with Gasteiger partial charge in [0.25, 0.3) is 0 Å². The lowest BCUT2D eigenvalue weighted by Gasteiger charge is -2.28. The van der Waals surface area contributed by atoms with Gasteiger partial charge >= 0.3 is 0 Å². The number of nitrogens with one attached hydrogen (secondary N) is 1. The summed E-state index contributed by atoms with van der Waals surface area (Å²) in [4.78, 5) is 4.35. The number of nitrogens with zero attached hydrogens (tertiary/aromatic N) is 2. The molecule has 1 heterocycles. The van der Waals surface area contributed by atoms with Crippen LogP contribution in [0.3, 0.4) is 0 Å². The predicted molar refractivity (Wildman–Crippen MR) is 160 cm³/mol. The highest BCUT2D eigenvalue weighted by molar-refractivity contribution is 7.98. The van der Waals surface area contributed by atoms with Gasteiger partial charge in [-0.3, -0.25) is 4.57 Å². The van der Waals surface area contributed by atoms with E-state index in [9.17, 15) is 17.2 Å². The number of hydrogen-bond acceptors (Lipinski definition) is 5. The van der Waals surface area contributed by atoms with Crippen molar-refractivity contribution in [1.29, 1.82) is 0 Å². The molecule has 0 unspecified atom stereocenters. The van der Waals surface area contributed by atoms with Crippen LogP contribution in [0.4, 0.5) is 13.2 Å². The minimum Gasteiger partial charge on any atom is -0.494 e. The van der Waals surface area contributed by atoms with E-state index in [1.807, 2.05) is 25.3 Å². The Labute approximate surface area is 253 Å². The SMILES string of the molecule is CCCCNS(=O)(=O)c1cc(F)c(CSc2ncc(C(C)(C)c3ccc(F)c(OC)c3)n2-c2ccc(F)cc2)c(Cl)c1. The zero-order chi connectivity index (χ0) is 30.7. The second-order valence-electron chi connectivity index (χ2n) is 10.1. The zero-order valence-corrected chi connectivity index (χ0v) is 25.9. The van der Waals surface area contributed by atoms with Crippen molar-refractivity contribution in [1.82, 2.24) is 14.3 Å². The quantitative estimate of drug-likeness (QED) is 0.128. The summed E-state index contributed by atoms with van der Waals surface area (Å²) in [6, 6.07) is 12.7. The molecule has 0 saturated carbocycles. The number of sulfonamides is 1. The molecule has 0 atom stereocenters. The molecule has 0 amide bonds. The largest absolute Gasteiger partial charge is 0.494 e. The molecule has 1 aromatic heterocycles. The monoisotopic (exact) mass is 637 g/mol. The van der Waals surface area contributed by atoms with Crippen LogP contribution >= 0.6 is 23.4 Å². The molecule has 1 N–H and O–H groups in total. The number of ether oxygens (including phenoxy) is 1. The van der Waals surface area contributed by atoms with E-state index in [4.69, 9.17) is 16.3 Å². The molecule has 0 spiro atoms. The van der Waals surface area contributed by atoms with Crippen LogP contribution in [0.2, 0.25) is 5.02 Å². The van der Waals surface area contributed by atoms with Gasteiger partial charge in [0.1, 0.15) is 11.6 Å². The van der Waals surface area contributed by atoms with Gasteiger partial charge in [-0.2, -0.15) is 0 Å². The van der Waals surface area contributed by atoms with E-state index in [2.05, 4.69) is 9.71 Å². The van der Waals surface area contributed by atoms with Crippen molar-refractivity contribution in [3.63, 3.8) is 0 Å². The van der Waals surface area contributed by atoms with Crippen molar-refractivity contribution in [3.05, 3.63) is 100 Å². The molecule has 12 heteroatoms. The molecule has 3 aromatic carbocycles. The van der Waals surface area contributed by atoms with Gasteiger partial charge in [-0.05, 0) is 60.5 Å². The summed E-state index contributed by atoms with van der Waals surface area (Å²) in [6.07, 6.45) is 3.12. The molecule has 0 fully saturated rings. The number of methoxy groups -OCH3 is 1. The van der Waals surface area contributed by atoms with Gasteiger partial charge in [0.15, 0.2) is 16.7 Å². The Morgan fingerprint density at radius 2 is 1.76 bits per heavy atom. The third-order valence-corrected chi connectivity index (χ3v) is 9.68. The summed E-state index contributed by atoms with van der Waals surface area (Å²) < 4.78 is 77.9. The molecule has 0 radical (unpaired) electrons. The highest BCUT2D eigenvalue weighted by Gasteiger charge is 2.31. The minimum absolute atomic E-state index is 0.0304. The number of benzene rings is 3. The molecule has 42 heavy (non-hydrogen) atoms. The Balaban J connectivity index is 1.71. The van der Waals surface area contributed by atoms with Crippen LogP contribution in [0.15, 0.2) is 70.8 Å². The molecule has 224 valence electrons. The third kappa shape index (κ3) is 6.80. The summed E-state index contributed by atoms with van der Waals surface area (Å²) >= 11 is 7.57. The highest BCUT2D eigenvalue weighted by Crippen LogP contribution is 2.39. The van der Waals surface area contributed by atoms with E-state index < -0.39 is 32.9 Å². The second-order valence-corrected chi connectivity index (χ2v) is 13.2. The van der Waals surface area contributed by atoms with Gasteiger partial charge < -0.3 is 4.74 Å². The van der Waals surface area contributed by atoms with Crippen LogP contribution in [0.25, 0.3) is 5.69 Å². The maximum absolute atomic E-state index is 15.2. The molecule has 0 saturated heterocycles. The average molecular weight is 638 g/mol. The Morgan fingerprint density at radius 1 is 1.05 bits per heavy atom. The van der Waals surface area contributed by atoms with Gasteiger partial charge in [-0.15, -0.1) is 0 Å². The lowest BCUT2D eigenvalue weighted by atomic mass is 9.81. The van der Waals surface area contributed by atoms with E-state index in [1.165, 1.54) is 43.1 Å². The zero-order valence-electron chi connectivity index (χ0n) is 23.5. The fourth-order valence-electron chi connectivity index (χ4n) is 4.39. The highest BCUT2D eigenvalue weighted by atomic mass is 35.5. The number of unbranched alkanes of at least 4 members (excludes halogenated alkanes) is 1. The van der Waals surface area contributed by atoms with Gasteiger partial charge in [0.05, 0.1) is 23.9 Å².